The van der Waals surface area contributed by atoms with Crippen molar-refractivity contribution >= 4 is 6.16 Å². The van der Waals surface area contributed by atoms with Crippen LogP contribution >= 0.6 is 0 Å². The summed E-state index contributed by atoms with van der Waals surface area (Å²) in [5.74, 6) is -4.05. The van der Waals surface area contributed by atoms with E-state index in [1.54, 1.807) is 24.3 Å². The summed E-state index contributed by atoms with van der Waals surface area (Å²) in [6, 6.07) is 9.67. The Morgan fingerprint density at radius 2 is 1.76 bits per heavy atom. The summed E-state index contributed by atoms with van der Waals surface area (Å²) in [5, 5.41) is 20.5. The minimum atomic E-state index is -5.01. The van der Waals surface area contributed by atoms with Crippen LogP contribution < -0.4 is 9.47 Å². The smallest absolute Gasteiger partial charge is 0.497 e. The van der Waals surface area contributed by atoms with Crippen LogP contribution in [0.25, 0.3) is 0 Å². The van der Waals surface area contributed by atoms with Crippen LogP contribution in [0.2, 0.25) is 0 Å². The summed E-state index contributed by atoms with van der Waals surface area (Å²) in [7, 11) is 1.45. The van der Waals surface area contributed by atoms with Crippen LogP contribution in [0.1, 0.15) is 29.7 Å². The van der Waals surface area contributed by atoms with Crippen molar-refractivity contribution in [3.8, 4) is 11.5 Å². The van der Waals surface area contributed by atoms with E-state index >= 15 is 0 Å². The van der Waals surface area contributed by atoms with Gasteiger partial charge in [-0.25, -0.2) is 13.6 Å². The van der Waals surface area contributed by atoms with E-state index in [2.05, 4.69) is 14.2 Å². The Morgan fingerprint density at radius 1 is 1.08 bits per heavy atom. The molecule has 13 heteroatoms. The van der Waals surface area contributed by atoms with Crippen LogP contribution in [-0.2, 0) is 20.6 Å². The summed E-state index contributed by atoms with van der Waals surface area (Å²) in [4.78, 5) is 11.4. The molecule has 0 aliphatic carbocycles. The first-order valence-electron chi connectivity index (χ1n) is 11.1. The molecule has 0 amide bonds. The molecule has 1 fully saturated rings. The highest BCUT2D eigenvalue weighted by atomic mass is 19.4. The first-order valence-corrected chi connectivity index (χ1v) is 11.1. The van der Waals surface area contributed by atoms with E-state index < -0.39 is 55.2 Å². The molecule has 2 aromatic carbocycles. The van der Waals surface area contributed by atoms with E-state index in [4.69, 9.17) is 9.47 Å². The number of halogens is 5. The monoisotopic (exact) mass is 536 g/mol. The number of benzene rings is 2. The molecule has 0 bridgehead atoms. The molecule has 0 radical (unpaired) electrons. The third-order valence-corrected chi connectivity index (χ3v) is 5.58. The van der Waals surface area contributed by atoms with Crippen molar-refractivity contribution in [2.75, 3.05) is 20.3 Å². The average molecular weight is 536 g/mol. The molecular formula is C24H25F5O8. The number of hydrogen-bond donors (Lipinski definition) is 2. The normalized spacial score (nSPS) is 23.3. The van der Waals surface area contributed by atoms with Gasteiger partial charge in [0.1, 0.15) is 36.4 Å². The maximum absolute atomic E-state index is 14.6. The molecule has 2 aromatic rings. The maximum atomic E-state index is 14.6. The van der Waals surface area contributed by atoms with Crippen molar-refractivity contribution in [2.45, 2.75) is 50.0 Å². The minimum Gasteiger partial charge on any atom is -0.497 e. The summed E-state index contributed by atoms with van der Waals surface area (Å²) < 4.78 is 91.8. The lowest BCUT2D eigenvalue weighted by Gasteiger charge is -2.42. The predicted molar refractivity (Wildman–Crippen MR) is 116 cm³/mol. The second-order valence-electron chi connectivity index (χ2n) is 8.09. The van der Waals surface area contributed by atoms with Gasteiger partial charge in [0, 0.05) is 6.42 Å². The molecule has 0 spiro atoms. The molecule has 204 valence electrons. The van der Waals surface area contributed by atoms with Crippen LogP contribution in [-0.4, -0.2) is 67.3 Å². The van der Waals surface area contributed by atoms with E-state index in [1.165, 1.54) is 20.1 Å². The Labute approximate surface area is 208 Å². The number of carbonyl (C=O) groups is 1. The van der Waals surface area contributed by atoms with E-state index in [-0.39, 0.29) is 24.2 Å². The van der Waals surface area contributed by atoms with Crippen LogP contribution in [0.5, 0.6) is 11.5 Å². The molecule has 1 aliphatic rings. The van der Waals surface area contributed by atoms with E-state index in [1.807, 2.05) is 0 Å². The fraction of sp³-hybridized carbons (Fsp3) is 0.458. The average Bonchev–Trinajstić information content (AvgIpc) is 2.83. The first-order chi connectivity index (χ1) is 17.4. The van der Waals surface area contributed by atoms with Gasteiger partial charge in [-0.1, -0.05) is 18.2 Å². The molecule has 4 atom stereocenters. The van der Waals surface area contributed by atoms with Crippen LogP contribution in [0.15, 0.2) is 42.5 Å². The molecule has 4 unspecified atom stereocenters. The lowest BCUT2D eigenvalue weighted by molar-refractivity contribution is -0.296. The van der Waals surface area contributed by atoms with Gasteiger partial charge in [0.05, 0.1) is 13.7 Å². The quantitative estimate of drug-likeness (QED) is 0.383. The van der Waals surface area contributed by atoms with Gasteiger partial charge in [0.15, 0.2) is 6.10 Å². The maximum Gasteiger partial charge on any atom is 0.573 e. The lowest BCUT2D eigenvalue weighted by atomic mass is 9.89. The summed E-state index contributed by atoms with van der Waals surface area (Å²) in [6.45, 7) is 0.382. The molecule has 1 aliphatic heterocycles. The lowest BCUT2D eigenvalue weighted by Crippen LogP contribution is -2.60. The van der Waals surface area contributed by atoms with Crippen molar-refractivity contribution in [2.24, 2.45) is 0 Å². The fourth-order valence-corrected chi connectivity index (χ4v) is 3.76. The predicted octanol–water partition coefficient (Wildman–Crippen LogP) is 4.15. The van der Waals surface area contributed by atoms with Crippen molar-refractivity contribution in [3.63, 3.8) is 0 Å². The number of alkyl halides is 5. The van der Waals surface area contributed by atoms with Gasteiger partial charge in [-0.3, -0.25) is 0 Å². The van der Waals surface area contributed by atoms with E-state index in [0.29, 0.717) is 11.3 Å². The number of hydrogen-bond acceptors (Lipinski definition) is 8. The molecule has 8 nitrogen and oxygen atoms in total. The zero-order valence-corrected chi connectivity index (χ0v) is 19.7. The topological polar surface area (TPSA) is 104 Å². The van der Waals surface area contributed by atoms with Gasteiger partial charge >= 0.3 is 18.4 Å². The van der Waals surface area contributed by atoms with Crippen molar-refractivity contribution in [3.05, 3.63) is 59.2 Å². The Hall–Kier alpha value is -3.16. The van der Waals surface area contributed by atoms with Gasteiger partial charge in [0.2, 0.25) is 0 Å². The van der Waals surface area contributed by atoms with Gasteiger partial charge in [-0.2, -0.15) is 0 Å². The van der Waals surface area contributed by atoms with Crippen LogP contribution in [0.4, 0.5) is 26.7 Å². The highest BCUT2D eigenvalue weighted by Gasteiger charge is 2.58. The Balaban J connectivity index is 1.92. The van der Waals surface area contributed by atoms with Crippen molar-refractivity contribution in [1.82, 2.24) is 0 Å². The molecule has 37 heavy (non-hydrogen) atoms. The summed E-state index contributed by atoms with van der Waals surface area (Å²) in [5.41, 5.74) is 0.561. The van der Waals surface area contributed by atoms with Crippen LogP contribution in [0.3, 0.4) is 0 Å². The molecule has 0 saturated carbocycles. The third kappa shape index (κ3) is 6.99. The van der Waals surface area contributed by atoms with Crippen LogP contribution in [0, 0.1) is 0 Å². The number of aliphatic hydroxyl groups is 2. The van der Waals surface area contributed by atoms with Crippen molar-refractivity contribution in [1.29, 1.82) is 0 Å². The second-order valence-corrected chi connectivity index (χ2v) is 8.09. The van der Waals surface area contributed by atoms with Gasteiger partial charge in [0.25, 0.3) is 0 Å². The molecular weight excluding hydrogens is 511 g/mol. The standard InChI is InChI=1S/C24H25F5O8/c1-3-34-22(32)35-12-18-23(25,26)21(31)19(30)20(36-18)14-6-9-17(37-24(27,28)29)15(11-14)10-13-4-7-16(33-2)8-5-13/h4-9,11,18-21,30-31H,3,10,12H2,1-2H3. The zero-order valence-electron chi connectivity index (χ0n) is 19.7. The summed E-state index contributed by atoms with van der Waals surface area (Å²) in [6.07, 6.45) is -14.9. The molecule has 1 heterocycles. The number of aliphatic hydroxyl groups excluding tert-OH is 2. The zero-order chi connectivity index (χ0) is 27.4. The van der Waals surface area contributed by atoms with Crippen molar-refractivity contribution < 1.29 is 60.6 Å². The highest BCUT2D eigenvalue weighted by Crippen LogP contribution is 2.42. The highest BCUT2D eigenvalue weighted by molar-refractivity contribution is 5.59. The number of carbonyl (C=O) groups excluding carboxylic acids is 1. The number of ether oxygens (including phenoxy) is 5. The molecule has 0 aromatic heterocycles. The number of rotatable bonds is 8. The molecule has 1 saturated heterocycles. The van der Waals surface area contributed by atoms with E-state index in [0.717, 1.165) is 12.1 Å². The Kier molecular flexibility index (Phi) is 8.82. The SMILES string of the molecule is CCOC(=O)OCC1OC(c2ccc(OC(F)(F)F)c(Cc3ccc(OC)cc3)c2)C(O)C(O)C1(F)F. The third-order valence-electron chi connectivity index (χ3n) is 5.58. The minimum absolute atomic E-state index is 0.00180. The molecule has 3 rings (SSSR count). The fourth-order valence-electron chi connectivity index (χ4n) is 3.76. The van der Waals surface area contributed by atoms with Gasteiger partial charge in [-0.05, 0) is 47.9 Å². The number of methoxy groups -OCH3 is 1. The van der Waals surface area contributed by atoms with Gasteiger partial charge in [-0.15, -0.1) is 13.2 Å². The Morgan fingerprint density at radius 3 is 2.35 bits per heavy atom. The van der Waals surface area contributed by atoms with Gasteiger partial charge < -0.3 is 33.9 Å². The van der Waals surface area contributed by atoms with E-state index in [9.17, 15) is 37.0 Å². The summed E-state index contributed by atoms with van der Waals surface area (Å²) >= 11 is 0. The molecule has 2 N–H and O–H groups in total. The first kappa shape index (κ1) is 28.4. The Bertz CT molecular complexity index is 1060. The largest absolute Gasteiger partial charge is 0.573 e. The second kappa shape index (κ2) is 11.5.